The third-order valence-corrected chi connectivity index (χ3v) is 3.56. The summed E-state index contributed by atoms with van der Waals surface area (Å²) in [6.07, 6.45) is 1.05. The first-order valence-electron chi connectivity index (χ1n) is 7.18. The number of likely N-dealkylation sites (tertiary alicyclic amines) is 1. The molecule has 0 saturated carbocycles. The zero-order valence-corrected chi connectivity index (χ0v) is 14.2. The Morgan fingerprint density at radius 3 is 2.59 bits per heavy atom. The second-order valence-electron chi connectivity index (χ2n) is 6.10. The van der Waals surface area contributed by atoms with E-state index in [2.05, 4.69) is 10.1 Å². The molecule has 0 radical (unpaired) electrons. The van der Waals surface area contributed by atoms with E-state index in [9.17, 15) is 14.7 Å². The van der Waals surface area contributed by atoms with Gasteiger partial charge in [0.15, 0.2) is 0 Å². The molecular weight excluding hydrogens is 308 g/mol. The number of aliphatic hydroxyl groups excluding tert-OH is 1. The van der Waals surface area contributed by atoms with Gasteiger partial charge in [0.1, 0.15) is 11.6 Å². The highest BCUT2D eigenvalue weighted by molar-refractivity contribution is 7.80. The summed E-state index contributed by atoms with van der Waals surface area (Å²) < 4.78 is 9.94. The van der Waals surface area contributed by atoms with E-state index in [1.54, 1.807) is 25.7 Å². The molecule has 1 fully saturated rings. The molecule has 0 bridgehead atoms. The number of ether oxygens (including phenoxy) is 2. The maximum atomic E-state index is 12.2. The molecular formula is C14H24N2O5S. The van der Waals surface area contributed by atoms with Gasteiger partial charge in [-0.1, -0.05) is 12.2 Å². The molecule has 0 aromatic heterocycles. The molecule has 1 aliphatic rings. The number of rotatable bonds is 4. The smallest absolute Gasteiger partial charge is 0.410 e. The van der Waals surface area contributed by atoms with E-state index >= 15 is 0 Å². The average Bonchev–Trinajstić information content (AvgIpc) is 2.91. The highest BCUT2D eigenvalue weighted by Crippen LogP contribution is 2.21. The van der Waals surface area contributed by atoms with Crippen LogP contribution in [0.5, 0.6) is 0 Å². The second kappa shape index (κ2) is 7.73. The number of methoxy groups -OCH3 is 1. The first-order valence-corrected chi connectivity index (χ1v) is 7.59. The van der Waals surface area contributed by atoms with Crippen LogP contribution >= 0.6 is 12.2 Å². The molecule has 0 spiro atoms. The van der Waals surface area contributed by atoms with Crippen molar-refractivity contribution in [2.75, 3.05) is 20.3 Å². The van der Waals surface area contributed by atoms with Crippen LogP contribution < -0.4 is 5.32 Å². The molecule has 0 aromatic carbocycles. The molecule has 1 aliphatic heterocycles. The predicted molar refractivity (Wildman–Crippen MR) is 84.6 cm³/mol. The summed E-state index contributed by atoms with van der Waals surface area (Å²) in [7, 11) is 1.23. The van der Waals surface area contributed by atoms with E-state index in [0.29, 0.717) is 18.0 Å². The summed E-state index contributed by atoms with van der Waals surface area (Å²) in [6.45, 7) is 5.50. The number of nitrogens with one attached hydrogen (secondary N) is 1. The van der Waals surface area contributed by atoms with Crippen LogP contribution in [0, 0.1) is 0 Å². The first-order chi connectivity index (χ1) is 10.2. The summed E-state index contributed by atoms with van der Waals surface area (Å²) >= 11 is 5.28. The van der Waals surface area contributed by atoms with E-state index in [-0.39, 0.29) is 6.04 Å². The minimum Gasteiger partial charge on any atom is -0.467 e. The van der Waals surface area contributed by atoms with Crippen molar-refractivity contribution in [1.82, 2.24) is 10.2 Å². The number of carbonyl (C=O) groups excluding carboxylic acids is 2. The van der Waals surface area contributed by atoms with Gasteiger partial charge in [0, 0.05) is 6.54 Å². The monoisotopic (exact) mass is 332 g/mol. The number of nitrogens with zero attached hydrogens (tertiary/aromatic N) is 1. The number of esters is 1. The molecule has 0 unspecified atom stereocenters. The Balaban J connectivity index is 2.71. The Hall–Kier alpha value is -1.41. The summed E-state index contributed by atoms with van der Waals surface area (Å²) in [5.41, 5.74) is -0.584. The number of amides is 1. The fourth-order valence-electron chi connectivity index (χ4n) is 2.17. The van der Waals surface area contributed by atoms with E-state index < -0.39 is 30.3 Å². The number of hydrogen-bond donors (Lipinski definition) is 2. The van der Waals surface area contributed by atoms with Crippen LogP contribution in [0.3, 0.4) is 0 Å². The molecule has 0 aliphatic carbocycles. The molecule has 2 N–H and O–H groups in total. The average molecular weight is 332 g/mol. The SMILES string of the molecule is COC(=O)[C@H](CO)NC(=S)[C@@H]1CCCN1C(=O)OC(C)(C)C. The van der Waals surface area contributed by atoms with Crippen molar-refractivity contribution in [3.8, 4) is 0 Å². The summed E-state index contributed by atoms with van der Waals surface area (Å²) in [5, 5.41) is 12.0. The lowest BCUT2D eigenvalue weighted by molar-refractivity contribution is -0.143. The third-order valence-electron chi connectivity index (χ3n) is 3.17. The van der Waals surface area contributed by atoms with Crippen LogP contribution in [-0.4, -0.2) is 65.0 Å². The van der Waals surface area contributed by atoms with Gasteiger partial charge >= 0.3 is 12.1 Å². The van der Waals surface area contributed by atoms with Gasteiger partial charge in [0.25, 0.3) is 0 Å². The van der Waals surface area contributed by atoms with Crippen molar-refractivity contribution < 1.29 is 24.2 Å². The number of aliphatic hydroxyl groups is 1. The van der Waals surface area contributed by atoms with Crippen LogP contribution in [0.2, 0.25) is 0 Å². The van der Waals surface area contributed by atoms with Crippen LogP contribution in [0.15, 0.2) is 0 Å². The van der Waals surface area contributed by atoms with E-state index in [4.69, 9.17) is 17.0 Å². The molecule has 8 heteroatoms. The van der Waals surface area contributed by atoms with Gasteiger partial charge in [-0.15, -0.1) is 0 Å². The lowest BCUT2D eigenvalue weighted by Crippen LogP contribution is -2.52. The quantitative estimate of drug-likeness (QED) is 0.582. The van der Waals surface area contributed by atoms with Gasteiger partial charge in [-0.2, -0.15) is 0 Å². The fourth-order valence-corrected chi connectivity index (χ4v) is 2.56. The molecule has 1 rings (SSSR count). The van der Waals surface area contributed by atoms with Crippen molar-refractivity contribution in [2.24, 2.45) is 0 Å². The minimum absolute atomic E-state index is 0.327. The number of carbonyl (C=O) groups is 2. The zero-order valence-electron chi connectivity index (χ0n) is 13.4. The van der Waals surface area contributed by atoms with E-state index in [0.717, 1.165) is 6.42 Å². The maximum Gasteiger partial charge on any atom is 0.410 e. The zero-order chi connectivity index (χ0) is 16.9. The molecule has 22 heavy (non-hydrogen) atoms. The highest BCUT2D eigenvalue weighted by atomic mass is 32.1. The van der Waals surface area contributed by atoms with Crippen molar-refractivity contribution >= 4 is 29.3 Å². The van der Waals surface area contributed by atoms with Gasteiger partial charge < -0.3 is 19.9 Å². The Kier molecular flexibility index (Phi) is 6.55. The van der Waals surface area contributed by atoms with Crippen molar-refractivity contribution in [2.45, 2.75) is 51.3 Å². The highest BCUT2D eigenvalue weighted by Gasteiger charge is 2.35. The van der Waals surface area contributed by atoms with Crippen LogP contribution in [-0.2, 0) is 14.3 Å². The third kappa shape index (κ3) is 5.10. The van der Waals surface area contributed by atoms with Crippen LogP contribution in [0.1, 0.15) is 33.6 Å². The van der Waals surface area contributed by atoms with Crippen LogP contribution in [0.4, 0.5) is 4.79 Å². The Morgan fingerprint density at radius 1 is 1.45 bits per heavy atom. The molecule has 126 valence electrons. The maximum absolute atomic E-state index is 12.2. The van der Waals surface area contributed by atoms with Gasteiger partial charge in [-0.05, 0) is 33.6 Å². The summed E-state index contributed by atoms with van der Waals surface area (Å²) in [5.74, 6) is -0.605. The minimum atomic E-state index is -0.932. The van der Waals surface area contributed by atoms with E-state index in [1.807, 2.05) is 0 Å². The molecule has 0 aromatic rings. The first kappa shape index (κ1) is 18.6. The topological polar surface area (TPSA) is 88.1 Å². The Morgan fingerprint density at radius 2 is 2.09 bits per heavy atom. The Bertz CT molecular complexity index is 435. The van der Waals surface area contributed by atoms with Gasteiger partial charge in [0.2, 0.25) is 0 Å². The summed E-state index contributed by atoms with van der Waals surface area (Å²) in [6, 6.07) is -1.28. The van der Waals surface area contributed by atoms with Crippen molar-refractivity contribution in [3.63, 3.8) is 0 Å². The van der Waals surface area contributed by atoms with Crippen LogP contribution in [0.25, 0.3) is 0 Å². The summed E-state index contributed by atoms with van der Waals surface area (Å²) in [4.78, 5) is 25.6. The predicted octanol–water partition coefficient (Wildman–Crippen LogP) is 0.837. The molecule has 1 heterocycles. The molecule has 1 amide bonds. The molecule has 7 nitrogen and oxygen atoms in total. The lowest BCUT2D eigenvalue weighted by atomic mass is 10.2. The van der Waals surface area contributed by atoms with Crippen molar-refractivity contribution in [1.29, 1.82) is 0 Å². The van der Waals surface area contributed by atoms with Gasteiger partial charge in [-0.25, -0.2) is 9.59 Å². The number of thiocarbonyl (C=S) groups is 1. The normalized spacial score (nSPS) is 19.5. The largest absolute Gasteiger partial charge is 0.467 e. The van der Waals surface area contributed by atoms with Gasteiger partial charge in [-0.3, -0.25) is 4.90 Å². The van der Waals surface area contributed by atoms with Gasteiger partial charge in [0.05, 0.1) is 24.7 Å². The van der Waals surface area contributed by atoms with Crippen molar-refractivity contribution in [3.05, 3.63) is 0 Å². The van der Waals surface area contributed by atoms with E-state index in [1.165, 1.54) is 7.11 Å². The number of hydrogen-bond acceptors (Lipinski definition) is 6. The lowest BCUT2D eigenvalue weighted by Gasteiger charge is -2.30. The standard InChI is InChI=1S/C14H24N2O5S/c1-14(2,3)21-13(19)16-7-5-6-10(16)11(22)15-9(8-17)12(18)20-4/h9-10,17H,5-8H2,1-4H3,(H,15,22)/t9-,10-/m0/s1. The molecule has 2 atom stereocenters. The fraction of sp³-hybridized carbons (Fsp3) is 0.786. The molecule has 1 saturated heterocycles. The second-order valence-corrected chi connectivity index (χ2v) is 6.54. The Labute approximate surface area is 135 Å².